The maximum atomic E-state index is 13.3. The number of amides is 1. The molecule has 0 saturated carbocycles. The quantitative estimate of drug-likeness (QED) is 0.793. The Morgan fingerprint density at radius 1 is 1.38 bits per heavy atom. The summed E-state index contributed by atoms with van der Waals surface area (Å²) in [5.41, 5.74) is 5.38. The number of halogens is 4. The Hall–Kier alpha value is -1.83. The van der Waals surface area contributed by atoms with Crippen molar-refractivity contribution in [1.82, 2.24) is 5.32 Å². The van der Waals surface area contributed by atoms with Crippen LogP contribution in [0.25, 0.3) is 0 Å². The highest BCUT2D eigenvalue weighted by molar-refractivity contribution is 5.82. The van der Waals surface area contributed by atoms with E-state index in [0.717, 1.165) is 12.1 Å². The smallest absolute Gasteiger partial charge is 0.403 e. The molecule has 0 aliphatic heterocycles. The SMILES string of the molecule is CC(C)NC[C@@H](C(N)=O)c1ccc(F)c(OC(F)(F)F)c1. The number of rotatable bonds is 6. The van der Waals surface area contributed by atoms with Gasteiger partial charge in [-0.2, -0.15) is 0 Å². The minimum atomic E-state index is -5.02. The molecule has 118 valence electrons. The zero-order valence-corrected chi connectivity index (χ0v) is 11.5. The molecule has 0 heterocycles. The minimum Gasteiger partial charge on any atom is -0.403 e. The lowest BCUT2D eigenvalue weighted by atomic mass is 9.97. The highest BCUT2D eigenvalue weighted by atomic mass is 19.4. The minimum absolute atomic E-state index is 0.0539. The second kappa shape index (κ2) is 6.75. The van der Waals surface area contributed by atoms with E-state index in [9.17, 15) is 22.4 Å². The van der Waals surface area contributed by atoms with Gasteiger partial charge in [0, 0.05) is 12.6 Å². The monoisotopic (exact) mass is 308 g/mol. The van der Waals surface area contributed by atoms with Gasteiger partial charge in [0.15, 0.2) is 11.6 Å². The maximum absolute atomic E-state index is 13.3. The number of alkyl halides is 3. The molecule has 0 aliphatic carbocycles. The summed E-state index contributed by atoms with van der Waals surface area (Å²) in [6, 6.07) is 2.90. The third kappa shape index (κ3) is 5.58. The van der Waals surface area contributed by atoms with Crippen LogP contribution in [0.1, 0.15) is 25.3 Å². The van der Waals surface area contributed by atoms with Gasteiger partial charge in [-0.25, -0.2) is 4.39 Å². The van der Waals surface area contributed by atoms with Gasteiger partial charge in [-0.3, -0.25) is 4.79 Å². The number of carbonyl (C=O) groups excluding carboxylic acids is 1. The topological polar surface area (TPSA) is 64.3 Å². The first kappa shape index (κ1) is 17.2. The average molecular weight is 308 g/mol. The van der Waals surface area contributed by atoms with Crippen molar-refractivity contribution in [2.75, 3.05) is 6.54 Å². The summed E-state index contributed by atoms with van der Waals surface area (Å²) in [6.45, 7) is 3.80. The largest absolute Gasteiger partial charge is 0.573 e. The van der Waals surface area contributed by atoms with E-state index in [-0.39, 0.29) is 18.2 Å². The third-order valence-electron chi connectivity index (χ3n) is 2.66. The van der Waals surface area contributed by atoms with E-state index in [1.807, 2.05) is 13.8 Å². The Morgan fingerprint density at radius 3 is 2.48 bits per heavy atom. The molecule has 1 aromatic rings. The van der Waals surface area contributed by atoms with Crippen LogP contribution >= 0.6 is 0 Å². The molecule has 0 saturated heterocycles. The van der Waals surface area contributed by atoms with Gasteiger partial charge in [0.1, 0.15) is 0 Å². The molecule has 0 aliphatic rings. The van der Waals surface area contributed by atoms with Crippen molar-refractivity contribution in [3.05, 3.63) is 29.6 Å². The second-order valence-corrected chi connectivity index (χ2v) is 4.76. The molecule has 0 spiro atoms. The Balaban J connectivity index is 3.04. The summed E-state index contributed by atoms with van der Waals surface area (Å²) in [5, 5.41) is 2.95. The van der Waals surface area contributed by atoms with Crippen molar-refractivity contribution in [1.29, 1.82) is 0 Å². The molecule has 0 radical (unpaired) electrons. The lowest BCUT2D eigenvalue weighted by molar-refractivity contribution is -0.275. The van der Waals surface area contributed by atoms with Crippen LogP contribution in [-0.2, 0) is 4.79 Å². The van der Waals surface area contributed by atoms with Gasteiger partial charge in [-0.05, 0) is 17.7 Å². The molecular weight excluding hydrogens is 292 g/mol. The number of primary amides is 1. The molecule has 0 fully saturated rings. The number of nitrogens with two attached hydrogens (primary N) is 1. The highest BCUT2D eigenvalue weighted by Gasteiger charge is 2.33. The fourth-order valence-corrected chi connectivity index (χ4v) is 1.68. The molecule has 21 heavy (non-hydrogen) atoms. The standard InChI is InChI=1S/C13H16F4N2O2/c1-7(2)19-6-9(12(18)20)8-3-4-10(14)11(5-8)21-13(15,16)17/h3-5,7,9,19H,6H2,1-2H3,(H2,18,20)/t9-/m1/s1. The molecule has 1 rings (SSSR count). The number of benzene rings is 1. The highest BCUT2D eigenvalue weighted by Crippen LogP contribution is 2.29. The molecule has 0 unspecified atom stereocenters. The number of hydrogen-bond donors (Lipinski definition) is 2. The molecule has 8 heteroatoms. The Morgan fingerprint density at radius 2 is 2.00 bits per heavy atom. The normalized spacial score (nSPS) is 13.3. The van der Waals surface area contributed by atoms with E-state index in [1.165, 1.54) is 6.07 Å². The van der Waals surface area contributed by atoms with E-state index in [0.29, 0.717) is 0 Å². The van der Waals surface area contributed by atoms with Crippen LogP contribution in [0.15, 0.2) is 18.2 Å². The average Bonchev–Trinajstić information content (AvgIpc) is 2.30. The van der Waals surface area contributed by atoms with Crippen molar-refractivity contribution < 1.29 is 27.1 Å². The van der Waals surface area contributed by atoms with Gasteiger partial charge in [0.2, 0.25) is 5.91 Å². The van der Waals surface area contributed by atoms with E-state index in [4.69, 9.17) is 5.73 Å². The molecular formula is C13H16F4N2O2. The Labute approximate surface area is 119 Å². The molecule has 1 aromatic carbocycles. The second-order valence-electron chi connectivity index (χ2n) is 4.76. The van der Waals surface area contributed by atoms with Crippen molar-refractivity contribution in [3.63, 3.8) is 0 Å². The summed E-state index contributed by atoms with van der Waals surface area (Å²) >= 11 is 0. The van der Waals surface area contributed by atoms with E-state index < -0.39 is 29.8 Å². The fourth-order valence-electron chi connectivity index (χ4n) is 1.68. The van der Waals surface area contributed by atoms with Crippen LogP contribution in [0.5, 0.6) is 5.75 Å². The first-order chi connectivity index (χ1) is 9.60. The molecule has 4 nitrogen and oxygen atoms in total. The predicted octanol–water partition coefficient (Wildman–Crippen LogP) is 2.29. The van der Waals surface area contributed by atoms with Crippen molar-refractivity contribution in [2.45, 2.75) is 32.2 Å². The number of carbonyl (C=O) groups is 1. The van der Waals surface area contributed by atoms with Crippen molar-refractivity contribution >= 4 is 5.91 Å². The van der Waals surface area contributed by atoms with E-state index in [2.05, 4.69) is 10.1 Å². The number of hydrogen-bond acceptors (Lipinski definition) is 3. The fraction of sp³-hybridized carbons (Fsp3) is 0.462. The van der Waals surface area contributed by atoms with Gasteiger partial charge in [-0.1, -0.05) is 19.9 Å². The number of ether oxygens (including phenoxy) is 1. The van der Waals surface area contributed by atoms with E-state index in [1.54, 1.807) is 0 Å². The summed E-state index contributed by atoms with van der Waals surface area (Å²) in [6.07, 6.45) is -5.02. The molecule has 3 N–H and O–H groups in total. The van der Waals surface area contributed by atoms with Gasteiger partial charge in [0.25, 0.3) is 0 Å². The van der Waals surface area contributed by atoms with Crippen molar-refractivity contribution in [3.8, 4) is 5.75 Å². The summed E-state index contributed by atoms with van der Waals surface area (Å²) in [5.74, 6) is -3.77. The van der Waals surface area contributed by atoms with Gasteiger partial charge in [0.05, 0.1) is 5.92 Å². The van der Waals surface area contributed by atoms with Gasteiger partial charge in [-0.15, -0.1) is 13.2 Å². The van der Waals surface area contributed by atoms with Gasteiger partial charge >= 0.3 is 6.36 Å². The van der Waals surface area contributed by atoms with Crippen LogP contribution in [0.3, 0.4) is 0 Å². The lowest BCUT2D eigenvalue weighted by Crippen LogP contribution is -2.34. The first-order valence-corrected chi connectivity index (χ1v) is 6.18. The zero-order chi connectivity index (χ0) is 16.2. The molecule has 1 atom stereocenters. The third-order valence-corrected chi connectivity index (χ3v) is 2.66. The first-order valence-electron chi connectivity index (χ1n) is 6.18. The Bertz CT molecular complexity index is 503. The molecule has 1 amide bonds. The van der Waals surface area contributed by atoms with Crippen molar-refractivity contribution in [2.24, 2.45) is 5.73 Å². The molecule has 0 aromatic heterocycles. The Kier molecular flexibility index (Phi) is 5.54. The maximum Gasteiger partial charge on any atom is 0.573 e. The van der Waals surface area contributed by atoms with Crippen LogP contribution in [0, 0.1) is 5.82 Å². The van der Waals surface area contributed by atoms with Crippen LogP contribution in [0.2, 0.25) is 0 Å². The van der Waals surface area contributed by atoms with Crippen LogP contribution < -0.4 is 15.8 Å². The lowest BCUT2D eigenvalue weighted by Gasteiger charge is -2.18. The summed E-state index contributed by atoms with van der Waals surface area (Å²) in [4.78, 5) is 11.4. The zero-order valence-electron chi connectivity index (χ0n) is 11.5. The predicted molar refractivity (Wildman–Crippen MR) is 68.2 cm³/mol. The number of nitrogens with one attached hydrogen (secondary N) is 1. The van der Waals surface area contributed by atoms with Crippen LogP contribution in [0.4, 0.5) is 17.6 Å². The molecule has 0 bridgehead atoms. The van der Waals surface area contributed by atoms with Crippen LogP contribution in [-0.4, -0.2) is 24.9 Å². The summed E-state index contributed by atoms with van der Waals surface area (Å²) < 4.78 is 53.4. The van der Waals surface area contributed by atoms with Gasteiger partial charge < -0.3 is 15.8 Å². The summed E-state index contributed by atoms with van der Waals surface area (Å²) in [7, 11) is 0. The van der Waals surface area contributed by atoms with E-state index >= 15 is 0 Å².